The first-order chi connectivity index (χ1) is 8.09. The van der Waals surface area contributed by atoms with Crippen LogP contribution in [-0.2, 0) is 9.59 Å². The Morgan fingerprint density at radius 1 is 1.06 bits per heavy atom. The second-order valence-electron chi connectivity index (χ2n) is 4.70. The molecule has 1 amide bonds. The summed E-state index contributed by atoms with van der Waals surface area (Å²) in [5.74, 6) is -2.21. The minimum Gasteiger partial charge on any atom is -0.474 e. The van der Waals surface area contributed by atoms with Gasteiger partial charge in [0.25, 0.3) is 0 Å². The van der Waals surface area contributed by atoms with Crippen LogP contribution < -0.4 is 0 Å². The predicted octanol–water partition coefficient (Wildman–Crippen LogP) is -0.871. The van der Waals surface area contributed by atoms with Gasteiger partial charge in [0.2, 0.25) is 0 Å². The average Bonchev–Trinajstić information content (AvgIpc) is 2.74. The van der Waals surface area contributed by atoms with Crippen LogP contribution in [0.2, 0.25) is 0 Å². The molecule has 6 nitrogen and oxygen atoms in total. The van der Waals surface area contributed by atoms with Gasteiger partial charge in [0.1, 0.15) is 0 Å². The number of hydrogen-bond donors (Lipinski definition) is 2. The van der Waals surface area contributed by atoms with E-state index in [1.54, 1.807) is 0 Å². The monoisotopic (exact) mass is 242 g/mol. The highest BCUT2D eigenvalue weighted by Gasteiger charge is 2.34. The Morgan fingerprint density at radius 3 is 2.18 bits per heavy atom. The van der Waals surface area contributed by atoms with Crippen LogP contribution in [0.1, 0.15) is 19.3 Å². The number of carboxylic acids is 1. The lowest BCUT2D eigenvalue weighted by Crippen LogP contribution is -2.54. The van der Waals surface area contributed by atoms with Crippen molar-refractivity contribution in [3.63, 3.8) is 0 Å². The van der Waals surface area contributed by atoms with Crippen LogP contribution in [0.4, 0.5) is 0 Å². The summed E-state index contributed by atoms with van der Waals surface area (Å²) in [4.78, 5) is 25.3. The summed E-state index contributed by atoms with van der Waals surface area (Å²) in [6.07, 6.45) is 2.62. The van der Waals surface area contributed by atoms with E-state index in [2.05, 4.69) is 4.90 Å². The molecule has 1 saturated heterocycles. The van der Waals surface area contributed by atoms with Crippen LogP contribution in [-0.4, -0.2) is 70.2 Å². The molecule has 17 heavy (non-hydrogen) atoms. The number of piperazine rings is 1. The Kier molecular flexibility index (Phi) is 3.63. The number of carboxylic acid groups (broad SMARTS) is 1. The summed E-state index contributed by atoms with van der Waals surface area (Å²) in [7, 11) is 0. The summed E-state index contributed by atoms with van der Waals surface area (Å²) in [6.45, 7) is 2.18. The number of nitrogens with zero attached hydrogens (tertiary/aromatic N) is 2. The number of aliphatic hydroxyl groups excluding tert-OH is 1. The second kappa shape index (κ2) is 5.01. The van der Waals surface area contributed by atoms with E-state index < -0.39 is 11.9 Å². The van der Waals surface area contributed by atoms with Crippen LogP contribution >= 0.6 is 0 Å². The maximum Gasteiger partial charge on any atom is 0.394 e. The zero-order valence-electron chi connectivity index (χ0n) is 9.71. The Hall–Kier alpha value is -1.14. The molecule has 1 saturated carbocycles. The molecule has 6 heteroatoms. The molecule has 1 heterocycles. The lowest BCUT2D eigenvalue weighted by atomic mass is 10.1. The van der Waals surface area contributed by atoms with Gasteiger partial charge < -0.3 is 15.1 Å². The van der Waals surface area contributed by atoms with Crippen molar-refractivity contribution in [3.05, 3.63) is 0 Å². The fraction of sp³-hybridized carbons (Fsp3) is 0.818. The predicted molar refractivity (Wildman–Crippen MR) is 59.4 cm³/mol. The first-order valence-electron chi connectivity index (χ1n) is 6.04. The molecule has 0 aromatic heterocycles. The van der Waals surface area contributed by atoms with Gasteiger partial charge in [-0.1, -0.05) is 0 Å². The largest absolute Gasteiger partial charge is 0.474 e. The van der Waals surface area contributed by atoms with Crippen molar-refractivity contribution in [3.8, 4) is 0 Å². The maximum atomic E-state index is 11.2. The van der Waals surface area contributed by atoms with Gasteiger partial charge in [-0.2, -0.15) is 0 Å². The van der Waals surface area contributed by atoms with Crippen molar-refractivity contribution in [2.45, 2.75) is 31.4 Å². The van der Waals surface area contributed by atoms with Crippen molar-refractivity contribution >= 4 is 11.9 Å². The Labute approximate surface area is 99.8 Å². The number of amides is 1. The molecule has 2 atom stereocenters. The van der Waals surface area contributed by atoms with Crippen molar-refractivity contribution < 1.29 is 19.8 Å². The van der Waals surface area contributed by atoms with Gasteiger partial charge in [0, 0.05) is 32.2 Å². The normalized spacial score (nSPS) is 30.5. The highest BCUT2D eigenvalue weighted by molar-refractivity contribution is 6.31. The van der Waals surface area contributed by atoms with E-state index in [9.17, 15) is 14.7 Å². The molecule has 2 fully saturated rings. The summed E-state index contributed by atoms with van der Waals surface area (Å²) in [5.41, 5.74) is 0. The summed E-state index contributed by atoms with van der Waals surface area (Å²) in [5, 5.41) is 18.4. The SMILES string of the molecule is O=C(O)C(=O)N1CCN(C2CCCC2O)CC1. The molecule has 2 rings (SSSR count). The van der Waals surface area contributed by atoms with E-state index in [-0.39, 0.29) is 12.1 Å². The van der Waals surface area contributed by atoms with Crippen molar-refractivity contribution in [1.82, 2.24) is 9.80 Å². The highest BCUT2D eigenvalue weighted by atomic mass is 16.4. The standard InChI is InChI=1S/C11H18N2O4/c14-9-3-1-2-8(9)12-4-6-13(7-5-12)10(15)11(16)17/h8-9,14H,1-7H2,(H,16,17). The number of aliphatic hydroxyl groups is 1. The molecular weight excluding hydrogens is 224 g/mol. The molecule has 0 radical (unpaired) electrons. The van der Waals surface area contributed by atoms with Gasteiger partial charge in [-0.15, -0.1) is 0 Å². The molecule has 2 unspecified atom stereocenters. The zero-order valence-corrected chi connectivity index (χ0v) is 9.71. The van der Waals surface area contributed by atoms with Gasteiger partial charge in [0.05, 0.1) is 6.10 Å². The summed E-state index contributed by atoms with van der Waals surface area (Å²) >= 11 is 0. The van der Waals surface area contributed by atoms with Crippen LogP contribution in [0.15, 0.2) is 0 Å². The smallest absolute Gasteiger partial charge is 0.394 e. The quantitative estimate of drug-likeness (QED) is 0.584. The number of rotatable bonds is 1. The number of hydrogen-bond acceptors (Lipinski definition) is 4. The number of carbonyl (C=O) groups is 2. The summed E-state index contributed by atoms with van der Waals surface area (Å²) in [6, 6.07) is 0.192. The first kappa shape index (κ1) is 12.3. The summed E-state index contributed by atoms with van der Waals surface area (Å²) < 4.78 is 0. The van der Waals surface area contributed by atoms with E-state index in [4.69, 9.17) is 5.11 Å². The fourth-order valence-electron chi connectivity index (χ4n) is 2.74. The van der Waals surface area contributed by atoms with Crippen molar-refractivity contribution in [2.75, 3.05) is 26.2 Å². The molecule has 0 aromatic carbocycles. The zero-order chi connectivity index (χ0) is 12.4. The molecule has 2 aliphatic rings. The Morgan fingerprint density at radius 2 is 1.71 bits per heavy atom. The second-order valence-corrected chi connectivity index (χ2v) is 4.70. The van der Waals surface area contributed by atoms with E-state index in [0.717, 1.165) is 19.3 Å². The third-order valence-electron chi connectivity index (χ3n) is 3.70. The molecule has 0 bridgehead atoms. The number of aliphatic carboxylic acids is 1. The molecule has 1 aliphatic carbocycles. The van der Waals surface area contributed by atoms with E-state index in [1.807, 2.05) is 0 Å². The minimum atomic E-state index is -1.39. The lowest BCUT2D eigenvalue weighted by molar-refractivity contribution is -0.157. The van der Waals surface area contributed by atoms with Crippen molar-refractivity contribution in [1.29, 1.82) is 0 Å². The topological polar surface area (TPSA) is 81.1 Å². The molecule has 2 N–H and O–H groups in total. The number of carbonyl (C=O) groups excluding carboxylic acids is 1. The van der Waals surface area contributed by atoms with Gasteiger partial charge >= 0.3 is 11.9 Å². The average molecular weight is 242 g/mol. The van der Waals surface area contributed by atoms with Gasteiger partial charge in [0.15, 0.2) is 0 Å². The van der Waals surface area contributed by atoms with E-state index in [0.29, 0.717) is 26.2 Å². The van der Waals surface area contributed by atoms with Gasteiger partial charge in [-0.25, -0.2) is 4.79 Å². The third-order valence-corrected chi connectivity index (χ3v) is 3.70. The fourth-order valence-corrected chi connectivity index (χ4v) is 2.74. The molecular formula is C11H18N2O4. The third kappa shape index (κ3) is 2.58. The molecule has 96 valence electrons. The van der Waals surface area contributed by atoms with Crippen LogP contribution in [0.5, 0.6) is 0 Å². The Bertz CT molecular complexity index is 313. The first-order valence-corrected chi connectivity index (χ1v) is 6.04. The van der Waals surface area contributed by atoms with Crippen molar-refractivity contribution in [2.24, 2.45) is 0 Å². The highest BCUT2D eigenvalue weighted by Crippen LogP contribution is 2.24. The molecule has 0 aromatic rings. The molecule has 1 aliphatic heterocycles. The maximum absolute atomic E-state index is 11.2. The van der Waals surface area contributed by atoms with Gasteiger partial charge in [-0.05, 0) is 19.3 Å². The lowest BCUT2D eigenvalue weighted by Gasteiger charge is -2.38. The van der Waals surface area contributed by atoms with Crippen LogP contribution in [0.3, 0.4) is 0 Å². The van der Waals surface area contributed by atoms with Crippen LogP contribution in [0.25, 0.3) is 0 Å². The van der Waals surface area contributed by atoms with Gasteiger partial charge in [-0.3, -0.25) is 9.69 Å². The molecule has 0 spiro atoms. The Balaban J connectivity index is 1.85. The van der Waals surface area contributed by atoms with E-state index in [1.165, 1.54) is 4.90 Å². The van der Waals surface area contributed by atoms with Crippen LogP contribution in [0, 0.1) is 0 Å². The van der Waals surface area contributed by atoms with E-state index >= 15 is 0 Å². The minimum absolute atomic E-state index is 0.192.